The molecule has 0 aliphatic carbocycles. The smallest absolute Gasteiger partial charge is 0.335 e. The van der Waals surface area contributed by atoms with Gasteiger partial charge in [0.25, 0.3) is 11.7 Å². The van der Waals surface area contributed by atoms with Crippen molar-refractivity contribution in [2.45, 2.75) is 0 Å². The zero-order valence-corrected chi connectivity index (χ0v) is 14.1. The number of nitrogens with zero attached hydrogens (tertiary/aromatic N) is 1. The van der Waals surface area contributed by atoms with Crippen LogP contribution in [0.3, 0.4) is 0 Å². The Labute approximate surface area is 152 Å². The average Bonchev–Trinajstić information content (AvgIpc) is 2.97. The molecule has 1 amide bonds. The Bertz CT molecular complexity index is 1140. The van der Waals surface area contributed by atoms with Crippen LogP contribution in [0.1, 0.15) is 20.7 Å². The van der Waals surface area contributed by atoms with Crippen LogP contribution in [0.4, 0.5) is 17.2 Å². The summed E-state index contributed by atoms with van der Waals surface area (Å²) in [6.07, 6.45) is 0. The van der Waals surface area contributed by atoms with Gasteiger partial charge in [-0.1, -0.05) is 12.1 Å². The minimum Gasteiger partial charge on any atom is -0.497 e. The van der Waals surface area contributed by atoms with Crippen LogP contribution in [0.25, 0.3) is 10.9 Å². The molecule has 134 valence electrons. The SMILES string of the molecule is COc1cccc(Nc2nc3cc(C(=O)O)ccc3c3c2NC(=O)C3=O)c1. The lowest BCUT2D eigenvalue weighted by Crippen LogP contribution is -2.12. The number of nitrogens with one attached hydrogen (secondary N) is 2. The predicted molar refractivity (Wildman–Crippen MR) is 97.9 cm³/mol. The van der Waals surface area contributed by atoms with Crippen LogP contribution in [0.2, 0.25) is 0 Å². The number of pyridine rings is 1. The second-order valence-corrected chi connectivity index (χ2v) is 5.89. The topological polar surface area (TPSA) is 118 Å². The van der Waals surface area contributed by atoms with Crippen molar-refractivity contribution in [3.8, 4) is 5.75 Å². The first kappa shape index (κ1) is 16.5. The number of Topliss-reactive ketones (excluding diaryl/α,β-unsaturated/α-hetero) is 1. The van der Waals surface area contributed by atoms with Crippen LogP contribution >= 0.6 is 0 Å². The van der Waals surface area contributed by atoms with E-state index < -0.39 is 17.7 Å². The van der Waals surface area contributed by atoms with Crippen LogP contribution in [0.15, 0.2) is 42.5 Å². The molecule has 4 rings (SSSR count). The lowest BCUT2D eigenvalue weighted by Gasteiger charge is -2.13. The molecular formula is C19H13N3O5. The van der Waals surface area contributed by atoms with Gasteiger partial charge in [-0.25, -0.2) is 9.78 Å². The summed E-state index contributed by atoms with van der Waals surface area (Å²) < 4.78 is 5.18. The summed E-state index contributed by atoms with van der Waals surface area (Å²) in [7, 11) is 1.54. The Morgan fingerprint density at radius 1 is 1.19 bits per heavy atom. The first-order valence-electron chi connectivity index (χ1n) is 7.95. The van der Waals surface area contributed by atoms with Crippen LogP contribution < -0.4 is 15.4 Å². The number of hydrogen-bond acceptors (Lipinski definition) is 6. The van der Waals surface area contributed by atoms with Gasteiger partial charge in [0.1, 0.15) is 5.75 Å². The van der Waals surface area contributed by atoms with E-state index in [2.05, 4.69) is 15.6 Å². The standard InChI is InChI=1S/C19H13N3O5/c1-27-11-4-2-3-10(8-11)20-17-15-14(16(23)18(24)22-15)12-6-5-9(19(25)26)7-13(12)21-17/h2-8H,1H3,(H,20,21)(H,25,26)(H,22,23,24). The number of carboxylic acid groups (broad SMARTS) is 1. The summed E-state index contributed by atoms with van der Waals surface area (Å²) in [6, 6.07) is 11.3. The second kappa shape index (κ2) is 6.10. The van der Waals surface area contributed by atoms with E-state index in [-0.39, 0.29) is 22.6 Å². The van der Waals surface area contributed by atoms with E-state index in [0.29, 0.717) is 22.3 Å². The van der Waals surface area contributed by atoms with Gasteiger partial charge in [-0.3, -0.25) is 9.59 Å². The van der Waals surface area contributed by atoms with Gasteiger partial charge >= 0.3 is 5.97 Å². The summed E-state index contributed by atoms with van der Waals surface area (Å²) in [4.78, 5) is 39.9. The van der Waals surface area contributed by atoms with Gasteiger partial charge in [0.2, 0.25) is 0 Å². The normalized spacial score (nSPS) is 12.6. The van der Waals surface area contributed by atoms with Gasteiger partial charge in [0.15, 0.2) is 5.82 Å². The molecule has 1 aromatic heterocycles. The molecule has 2 aromatic carbocycles. The minimum atomic E-state index is -1.11. The highest BCUT2D eigenvalue weighted by atomic mass is 16.5. The first-order valence-corrected chi connectivity index (χ1v) is 7.95. The van der Waals surface area contributed by atoms with Gasteiger partial charge < -0.3 is 20.5 Å². The molecule has 3 N–H and O–H groups in total. The second-order valence-electron chi connectivity index (χ2n) is 5.89. The molecule has 0 saturated carbocycles. The predicted octanol–water partition coefficient (Wildman–Crippen LogP) is 2.82. The summed E-state index contributed by atoms with van der Waals surface area (Å²) >= 11 is 0. The van der Waals surface area contributed by atoms with E-state index in [1.807, 2.05) is 0 Å². The number of hydrogen-bond donors (Lipinski definition) is 3. The number of fused-ring (bicyclic) bond motifs is 3. The van der Waals surface area contributed by atoms with Gasteiger partial charge in [0, 0.05) is 17.1 Å². The first-order chi connectivity index (χ1) is 13.0. The number of aromatic carboxylic acids is 1. The Balaban J connectivity index is 1.91. The van der Waals surface area contributed by atoms with Gasteiger partial charge in [-0.15, -0.1) is 0 Å². The number of benzene rings is 2. The molecule has 8 heteroatoms. The summed E-state index contributed by atoms with van der Waals surface area (Å²) in [5, 5.41) is 15.2. The van der Waals surface area contributed by atoms with Crippen LogP contribution in [-0.4, -0.2) is 34.9 Å². The lowest BCUT2D eigenvalue weighted by atomic mass is 10.0. The van der Waals surface area contributed by atoms with E-state index in [4.69, 9.17) is 4.74 Å². The van der Waals surface area contributed by atoms with Gasteiger partial charge in [0.05, 0.1) is 29.4 Å². The minimum absolute atomic E-state index is 0.0343. The molecule has 0 saturated heterocycles. The monoisotopic (exact) mass is 363 g/mol. The number of ether oxygens (including phenoxy) is 1. The van der Waals surface area contributed by atoms with Gasteiger partial charge in [-0.2, -0.15) is 0 Å². The molecule has 0 unspecified atom stereocenters. The molecule has 0 bridgehead atoms. The molecule has 0 fully saturated rings. The van der Waals surface area contributed by atoms with Crippen molar-refractivity contribution >= 4 is 45.8 Å². The van der Waals surface area contributed by atoms with Crippen molar-refractivity contribution < 1.29 is 24.2 Å². The number of ketones is 1. The zero-order chi connectivity index (χ0) is 19.1. The van der Waals surface area contributed by atoms with Crippen LogP contribution in [0, 0.1) is 0 Å². The van der Waals surface area contributed by atoms with Crippen molar-refractivity contribution in [2.24, 2.45) is 0 Å². The molecule has 27 heavy (non-hydrogen) atoms. The summed E-state index contributed by atoms with van der Waals surface area (Å²) in [5.74, 6) is -1.69. The van der Waals surface area contributed by atoms with Crippen LogP contribution in [-0.2, 0) is 4.79 Å². The fraction of sp³-hybridized carbons (Fsp3) is 0.0526. The third-order valence-corrected chi connectivity index (χ3v) is 4.24. The molecule has 0 atom stereocenters. The third kappa shape index (κ3) is 2.73. The molecule has 1 aliphatic heterocycles. The molecule has 1 aliphatic rings. The molecule has 8 nitrogen and oxygen atoms in total. The molecular weight excluding hydrogens is 350 g/mol. The number of amides is 1. The largest absolute Gasteiger partial charge is 0.497 e. The highest BCUT2D eigenvalue weighted by Crippen LogP contribution is 2.37. The average molecular weight is 363 g/mol. The van der Waals surface area contributed by atoms with E-state index in [9.17, 15) is 19.5 Å². The van der Waals surface area contributed by atoms with Crippen molar-refractivity contribution in [2.75, 3.05) is 17.7 Å². The quantitative estimate of drug-likeness (QED) is 0.610. The number of rotatable bonds is 4. The lowest BCUT2D eigenvalue weighted by molar-refractivity contribution is -0.112. The Morgan fingerprint density at radius 3 is 2.74 bits per heavy atom. The number of carboxylic acids is 1. The maximum absolute atomic E-state index is 12.3. The number of anilines is 3. The van der Waals surface area contributed by atoms with E-state index in [0.717, 1.165) is 0 Å². The summed E-state index contributed by atoms with van der Waals surface area (Å²) in [5.41, 5.74) is 1.40. The van der Waals surface area contributed by atoms with Crippen molar-refractivity contribution in [3.63, 3.8) is 0 Å². The van der Waals surface area contributed by atoms with E-state index in [1.165, 1.54) is 25.3 Å². The Hall–Kier alpha value is -3.94. The highest BCUT2D eigenvalue weighted by molar-refractivity contribution is 6.54. The maximum atomic E-state index is 12.3. The molecule has 3 aromatic rings. The molecule has 0 spiro atoms. The number of aromatic nitrogens is 1. The summed E-state index contributed by atoms with van der Waals surface area (Å²) in [6.45, 7) is 0. The zero-order valence-electron chi connectivity index (χ0n) is 14.1. The van der Waals surface area contributed by atoms with Crippen molar-refractivity contribution in [3.05, 3.63) is 53.6 Å². The van der Waals surface area contributed by atoms with E-state index in [1.54, 1.807) is 24.3 Å². The van der Waals surface area contributed by atoms with Crippen molar-refractivity contribution in [1.29, 1.82) is 0 Å². The third-order valence-electron chi connectivity index (χ3n) is 4.24. The fourth-order valence-electron chi connectivity index (χ4n) is 2.97. The number of carbonyl (C=O) groups excluding carboxylic acids is 2. The Morgan fingerprint density at radius 2 is 2.00 bits per heavy atom. The number of methoxy groups -OCH3 is 1. The Kier molecular flexibility index (Phi) is 3.73. The fourth-order valence-corrected chi connectivity index (χ4v) is 2.97. The van der Waals surface area contributed by atoms with Crippen molar-refractivity contribution in [1.82, 2.24) is 4.98 Å². The number of carbonyl (C=O) groups is 3. The highest BCUT2D eigenvalue weighted by Gasteiger charge is 2.33. The maximum Gasteiger partial charge on any atom is 0.335 e. The molecule has 2 heterocycles. The van der Waals surface area contributed by atoms with E-state index >= 15 is 0 Å². The van der Waals surface area contributed by atoms with Crippen LogP contribution in [0.5, 0.6) is 5.75 Å². The van der Waals surface area contributed by atoms with Gasteiger partial charge in [-0.05, 0) is 24.3 Å². The molecule has 0 radical (unpaired) electrons.